The number of H-pyrrole nitrogens is 1. The molecule has 2 N–H and O–H groups in total. The Morgan fingerprint density at radius 3 is 2.38 bits per heavy atom. The van der Waals surface area contributed by atoms with Gasteiger partial charge in [-0.05, 0) is 66.1 Å². The molecule has 0 bridgehead atoms. The van der Waals surface area contributed by atoms with Crippen LogP contribution < -0.4 is 5.32 Å². The third-order valence-electron chi connectivity index (χ3n) is 6.65. The van der Waals surface area contributed by atoms with Crippen LogP contribution in [0.5, 0.6) is 0 Å². The van der Waals surface area contributed by atoms with Gasteiger partial charge < -0.3 is 10.3 Å². The van der Waals surface area contributed by atoms with Gasteiger partial charge in [0, 0.05) is 36.8 Å². The lowest BCUT2D eigenvalue weighted by Crippen LogP contribution is -2.45. The van der Waals surface area contributed by atoms with Gasteiger partial charge in [-0.15, -0.1) is 0 Å². The van der Waals surface area contributed by atoms with Crippen molar-refractivity contribution in [3.63, 3.8) is 0 Å². The summed E-state index contributed by atoms with van der Waals surface area (Å²) in [4.78, 5) is 15.5. The number of hydrogen-bond acceptors (Lipinski definition) is 1. The molecule has 2 aliphatic carbocycles. The maximum Gasteiger partial charge on any atom is 0.248 e. The fraction of sp³-hybridized carbons (Fsp3) is 0.375. The molecule has 168 valence electrons. The van der Waals surface area contributed by atoms with Crippen LogP contribution in [-0.4, -0.2) is 23.4 Å². The molecule has 1 aromatic heterocycles. The second-order valence-electron chi connectivity index (χ2n) is 8.97. The highest BCUT2D eigenvalue weighted by molar-refractivity contribution is 5.92. The number of aromatic nitrogens is 1. The topological polar surface area (TPSA) is 44.9 Å². The number of nitrogens with one attached hydrogen (secondary N) is 2. The van der Waals surface area contributed by atoms with E-state index in [0.29, 0.717) is 35.0 Å². The molecule has 32 heavy (non-hydrogen) atoms. The van der Waals surface area contributed by atoms with Crippen molar-refractivity contribution in [3.05, 3.63) is 59.4 Å². The van der Waals surface area contributed by atoms with Crippen LogP contribution >= 0.6 is 0 Å². The summed E-state index contributed by atoms with van der Waals surface area (Å²) in [6, 6.07) is 7.79. The predicted octanol–water partition coefficient (Wildman–Crippen LogP) is 5.91. The summed E-state index contributed by atoms with van der Waals surface area (Å²) in [6.45, 7) is 0.236. The minimum Gasteiger partial charge on any atom is -0.356 e. The van der Waals surface area contributed by atoms with Crippen molar-refractivity contribution >= 4 is 16.8 Å². The molecule has 0 spiro atoms. The molecular formula is C24H21F5N2O. The SMILES string of the molecule is O=C(NCC1CC(F)(F)C1)[C@H]1C[C@H](c2c(-c3ccc(F)cc3)[nH]c3c(F)cc(F)cc32)C1. The van der Waals surface area contributed by atoms with Gasteiger partial charge in [0.15, 0.2) is 0 Å². The van der Waals surface area contributed by atoms with E-state index in [1.807, 2.05) is 0 Å². The van der Waals surface area contributed by atoms with Crippen molar-refractivity contribution in [2.75, 3.05) is 6.54 Å². The van der Waals surface area contributed by atoms with Crippen molar-refractivity contribution in [1.29, 1.82) is 0 Å². The summed E-state index contributed by atoms with van der Waals surface area (Å²) in [7, 11) is 0. The van der Waals surface area contributed by atoms with E-state index in [1.165, 1.54) is 18.2 Å². The van der Waals surface area contributed by atoms with Gasteiger partial charge in [0.25, 0.3) is 0 Å². The minimum absolute atomic E-state index is 0.117. The number of benzene rings is 2. The molecule has 0 radical (unpaired) electrons. The molecule has 2 aliphatic rings. The van der Waals surface area contributed by atoms with E-state index in [2.05, 4.69) is 10.3 Å². The first-order valence-electron chi connectivity index (χ1n) is 10.6. The van der Waals surface area contributed by atoms with E-state index in [9.17, 15) is 26.7 Å². The first-order valence-corrected chi connectivity index (χ1v) is 10.6. The summed E-state index contributed by atoms with van der Waals surface area (Å²) in [5.41, 5.74) is 2.08. The first kappa shape index (κ1) is 21.0. The Hall–Kier alpha value is -2.90. The fourth-order valence-corrected chi connectivity index (χ4v) is 4.89. The summed E-state index contributed by atoms with van der Waals surface area (Å²) in [5.74, 6) is -5.24. The van der Waals surface area contributed by atoms with E-state index in [4.69, 9.17) is 0 Å². The van der Waals surface area contributed by atoms with Crippen LogP contribution in [-0.2, 0) is 4.79 Å². The van der Waals surface area contributed by atoms with E-state index in [0.717, 1.165) is 6.07 Å². The molecule has 0 aliphatic heterocycles. The molecule has 3 nitrogen and oxygen atoms in total. The number of amides is 1. The van der Waals surface area contributed by atoms with Crippen molar-refractivity contribution in [2.24, 2.45) is 11.8 Å². The average Bonchev–Trinajstić information content (AvgIpc) is 3.03. The van der Waals surface area contributed by atoms with Crippen molar-refractivity contribution < 1.29 is 26.7 Å². The highest BCUT2D eigenvalue weighted by Gasteiger charge is 2.45. The molecule has 5 rings (SSSR count). The van der Waals surface area contributed by atoms with E-state index < -0.39 is 23.4 Å². The predicted molar refractivity (Wildman–Crippen MR) is 110 cm³/mol. The lowest BCUT2D eigenvalue weighted by molar-refractivity contribution is -0.132. The lowest BCUT2D eigenvalue weighted by Gasteiger charge is -2.37. The van der Waals surface area contributed by atoms with Gasteiger partial charge in [-0.3, -0.25) is 4.79 Å². The van der Waals surface area contributed by atoms with Crippen LogP contribution in [0, 0.1) is 29.3 Å². The Bertz CT molecular complexity index is 1170. The number of halogens is 5. The van der Waals surface area contributed by atoms with E-state index in [-0.39, 0.29) is 48.6 Å². The number of carbonyl (C=O) groups is 1. The number of aromatic amines is 1. The summed E-state index contributed by atoms with van der Waals surface area (Å²) in [6.07, 6.45) is 0.556. The van der Waals surface area contributed by atoms with Crippen molar-refractivity contribution in [2.45, 2.75) is 37.5 Å². The Kier molecular flexibility index (Phi) is 4.98. The van der Waals surface area contributed by atoms with Crippen molar-refractivity contribution in [1.82, 2.24) is 10.3 Å². The third-order valence-corrected chi connectivity index (χ3v) is 6.65. The van der Waals surface area contributed by atoms with Crippen LogP contribution in [0.3, 0.4) is 0 Å². The van der Waals surface area contributed by atoms with Crippen LogP contribution in [0.4, 0.5) is 22.0 Å². The van der Waals surface area contributed by atoms with Gasteiger partial charge in [0.2, 0.25) is 11.8 Å². The zero-order valence-corrected chi connectivity index (χ0v) is 17.0. The Morgan fingerprint density at radius 1 is 1.03 bits per heavy atom. The van der Waals surface area contributed by atoms with E-state index >= 15 is 0 Å². The largest absolute Gasteiger partial charge is 0.356 e. The fourth-order valence-electron chi connectivity index (χ4n) is 4.89. The van der Waals surface area contributed by atoms with E-state index in [1.54, 1.807) is 12.1 Å². The van der Waals surface area contributed by atoms with Gasteiger partial charge in [-0.1, -0.05) is 0 Å². The molecular weight excluding hydrogens is 427 g/mol. The van der Waals surface area contributed by atoms with Crippen LogP contribution in [0.25, 0.3) is 22.2 Å². The number of rotatable bonds is 5. The summed E-state index contributed by atoms with van der Waals surface area (Å²) >= 11 is 0. The highest BCUT2D eigenvalue weighted by Crippen LogP contribution is 2.48. The van der Waals surface area contributed by atoms with Crippen LogP contribution in [0.2, 0.25) is 0 Å². The molecule has 3 aromatic rings. The number of hydrogen-bond donors (Lipinski definition) is 2. The third kappa shape index (κ3) is 3.76. The van der Waals surface area contributed by atoms with Gasteiger partial charge in [-0.2, -0.15) is 0 Å². The molecule has 1 heterocycles. The molecule has 0 atom stereocenters. The highest BCUT2D eigenvalue weighted by atomic mass is 19.3. The standard InChI is InChI=1S/C24H21F5N2O/c25-16-3-1-13(2-4-16)21-20(18-7-17(26)8-19(27)22(18)31-21)14-5-15(6-14)23(32)30-11-12-9-24(28,29)10-12/h1-4,7-8,12,14-15,31H,5-6,9-11H2,(H,30,32)/t14-,15-. The molecule has 2 aromatic carbocycles. The second-order valence-corrected chi connectivity index (χ2v) is 8.97. The second kappa shape index (κ2) is 7.60. The molecule has 1 amide bonds. The molecule has 2 fully saturated rings. The minimum atomic E-state index is -2.62. The van der Waals surface area contributed by atoms with Gasteiger partial charge in [0.05, 0.1) is 11.2 Å². The van der Waals surface area contributed by atoms with Crippen molar-refractivity contribution in [3.8, 4) is 11.3 Å². The average molecular weight is 448 g/mol. The molecule has 2 saturated carbocycles. The summed E-state index contributed by atoms with van der Waals surface area (Å²) in [5, 5.41) is 3.16. The lowest BCUT2D eigenvalue weighted by atomic mass is 9.69. The monoisotopic (exact) mass is 448 g/mol. The van der Waals surface area contributed by atoms with Crippen LogP contribution in [0.15, 0.2) is 36.4 Å². The summed E-state index contributed by atoms with van der Waals surface area (Å²) < 4.78 is 67.7. The molecule has 8 heteroatoms. The number of fused-ring (bicyclic) bond motifs is 1. The van der Waals surface area contributed by atoms with Gasteiger partial charge >= 0.3 is 0 Å². The smallest absolute Gasteiger partial charge is 0.248 e. The Morgan fingerprint density at radius 2 is 1.72 bits per heavy atom. The number of carbonyl (C=O) groups excluding carboxylic acids is 1. The van der Waals surface area contributed by atoms with Gasteiger partial charge in [-0.25, -0.2) is 22.0 Å². The molecule has 0 unspecified atom stereocenters. The molecule has 0 saturated heterocycles. The Labute approximate surface area is 181 Å². The first-order chi connectivity index (χ1) is 15.2. The maximum atomic E-state index is 14.4. The van der Waals surface area contributed by atoms with Crippen LogP contribution in [0.1, 0.15) is 37.2 Å². The zero-order valence-electron chi connectivity index (χ0n) is 17.0. The zero-order chi connectivity index (χ0) is 22.6. The quantitative estimate of drug-likeness (QED) is 0.469. The maximum absolute atomic E-state index is 14.4. The number of alkyl halides is 2. The Balaban J connectivity index is 1.36. The van der Waals surface area contributed by atoms with Gasteiger partial charge in [0.1, 0.15) is 17.5 Å². The normalized spacial score (nSPS) is 22.4.